The van der Waals surface area contributed by atoms with Gasteiger partial charge in [0.15, 0.2) is 0 Å². The smallest absolute Gasteiger partial charge is 0.308 e. The zero-order valence-corrected chi connectivity index (χ0v) is 18.2. The van der Waals surface area contributed by atoms with Crippen molar-refractivity contribution in [2.45, 2.75) is 26.1 Å². The van der Waals surface area contributed by atoms with Gasteiger partial charge >= 0.3 is 18.1 Å². The highest BCUT2D eigenvalue weighted by molar-refractivity contribution is 5.98. The van der Waals surface area contributed by atoms with Gasteiger partial charge in [0.25, 0.3) is 6.20 Å². The zero-order valence-electron chi connectivity index (χ0n) is 18.2. The normalized spacial score (nSPS) is 12.3. The van der Waals surface area contributed by atoms with Crippen molar-refractivity contribution >= 4 is 17.6 Å². The fourth-order valence-corrected chi connectivity index (χ4v) is 3.31. The van der Waals surface area contributed by atoms with Gasteiger partial charge in [-0.05, 0) is 35.4 Å². The van der Waals surface area contributed by atoms with E-state index in [-0.39, 0.29) is 17.6 Å². The standard InChI is InChI=1S/C23H19F3N6O2/c1-14-20(11-27-13-28-14)17-8-6-16(7-9-17)15(2)32-12-21(34-31-32)30-22(33)29-19-5-3-4-18(10-19)23(24,25)26/h3-13,15H,1-2H3,(H-,29,30,31,33)/p+1. The van der Waals surface area contributed by atoms with Crippen molar-refractivity contribution in [3.63, 3.8) is 0 Å². The van der Waals surface area contributed by atoms with Crippen LogP contribution in [0.3, 0.4) is 0 Å². The number of anilines is 2. The summed E-state index contributed by atoms with van der Waals surface area (Å²) in [6.45, 7) is 3.82. The number of halogens is 3. The molecule has 2 amide bonds. The Balaban J connectivity index is 1.41. The van der Waals surface area contributed by atoms with E-state index in [9.17, 15) is 18.0 Å². The van der Waals surface area contributed by atoms with Gasteiger partial charge in [0.05, 0.1) is 5.56 Å². The maximum Gasteiger partial charge on any atom is 0.416 e. The van der Waals surface area contributed by atoms with E-state index in [1.807, 2.05) is 38.1 Å². The van der Waals surface area contributed by atoms with Gasteiger partial charge in [-0.1, -0.05) is 30.3 Å². The number of aryl methyl sites for hydroxylation is 1. The Bertz CT molecular complexity index is 1300. The zero-order chi connectivity index (χ0) is 24.3. The van der Waals surface area contributed by atoms with E-state index in [0.29, 0.717) is 0 Å². The highest BCUT2D eigenvalue weighted by Crippen LogP contribution is 2.30. The lowest BCUT2D eigenvalue weighted by atomic mass is 10.0. The number of aromatic nitrogens is 4. The van der Waals surface area contributed by atoms with E-state index >= 15 is 0 Å². The Morgan fingerprint density at radius 1 is 1.12 bits per heavy atom. The lowest BCUT2D eigenvalue weighted by Gasteiger charge is -2.09. The second kappa shape index (κ2) is 9.30. The third-order valence-corrected chi connectivity index (χ3v) is 5.18. The average molecular weight is 469 g/mol. The molecule has 0 saturated heterocycles. The Morgan fingerprint density at radius 2 is 1.88 bits per heavy atom. The molecule has 4 rings (SSSR count). The fraction of sp³-hybridized carbons (Fsp3) is 0.174. The van der Waals surface area contributed by atoms with Gasteiger partial charge in [-0.2, -0.15) is 13.2 Å². The molecule has 8 nitrogen and oxygen atoms in total. The molecule has 4 aromatic rings. The molecular formula is C23H20F3N6O2+. The van der Waals surface area contributed by atoms with Gasteiger partial charge < -0.3 is 5.32 Å². The molecule has 0 spiro atoms. The first-order valence-electron chi connectivity index (χ1n) is 10.2. The quantitative estimate of drug-likeness (QED) is 0.401. The Labute approximate surface area is 192 Å². The lowest BCUT2D eigenvalue weighted by Crippen LogP contribution is -2.39. The number of benzene rings is 2. The molecule has 0 bridgehead atoms. The number of amides is 2. The van der Waals surface area contributed by atoms with E-state index in [1.165, 1.54) is 29.3 Å². The van der Waals surface area contributed by atoms with Crippen LogP contribution in [0.15, 0.2) is 71.8 Å². The predicted molar refractivity (Wildman–Crippen MR) is 117 cm³/mol. The monoisotopic (exact) mass is 469 g/mol. The molecule has 0 aliphatic rings. The molecule has 174 valence electrons. The highest BCUT2D eigenvalue weighted by Gasteiger charge is 2.30. The minimum Gasteiger partial charge on any atom is -0.308 e. The van der Waals surface area contributed by atoms with Crippen molar-refractivity contribution in [3.8, 4) is 11.1 Å². The van der Waals surface area contributed by atoms with Gasteiger partial charge in [0.2, 0.25) is 11.3 Å². The summed E-state index contributed by atoms with van der Waals surface area (Å²) in [4.78, 5) is 20.4. The number of carbonyl (C=O) groups excluding carboxylic acids is 1. The molecule has 0 aliphatic heterocycles. The van der Waals surface area contributed by atoms with Gasteiger partial charge in [-0.3, -0.25) is 9.84 Å². The highest BCUT2D eigenvalue weighted by atomic mass is 19.4. The number of hydrogen-bond donors (Lipinski definition) is 2. The molecular weight excluding hydrogens is 449 g/mol. The van der Waals surface area contributed by atoms with Crippen molar-refractivity contribution in [3.05, 3.63) is 84.1 Å². The average Bonchev–Trinajstić information content (AvgIpc) is 3.27. The van der Waals surface area contributed by atoms with Crippen molar-refractivity contribution in [2.75, 3.05) is 10.6 Å². The molecule has 0 radical (unpaired) electrons. The number of nitrogens with one attached hydrogen (secondary N) is 2. The van der Waals surface area contributed by atoms with Crippen LogP contribution < -0.4 is 15.3 Å². The van der Waals surface area contributed by atoms with Crippen molar-refractivity contribution in [1.82, 2.24) is 15.2 Å². The van der Waals surface area contributed by atoms with Gasteiger partial charge in [-0.15, -0.1) is 0 Å². The van der Waals surface area contributed by atoms with E-state index in [4.69, 9.17) is 4.52 Å². The summed E-state index contributed by atoms with van der Waals surface area (Å²) in [5.74, 6) is 0.0324. The maximum absolute atomic E-state index is 12.8. The summed E-state index contributed by atoms with van der Waals surface area (Å²) in [5, 5.41) is 8.68. The fourth-order valence-electron chi connectivity index (χ4n) is 3.31. The number of hydrogen-bond acceptors (Lipinski definition) is 5. The molecule has 1 atom stereocenters. The van der Waals surface area contributed by atoms with E-state index in [1.54, 1.807) is 6.20 Å². The molecule has 0 aliphatic carbocycles. The SMILES string of the molecule is Cc1ncncc1-c1ccc(C(C)[n+]2cc(NC(=O)Nc3cccc(C(F)(F)F)c3)on2)cc1. The first-order chi connectivity index (χ1) is 16.2. The van der Waals surface area contributed by atoms with E-state index in [2.05, 4.69) is 25.9 Å². The summed E-state index contributed by atoms with van der Waals surface area (Å²) in [5.41, 5.74) is 2.86. The van der Waals surface area contributed by atoms with Crippen LogP contribution in [0.5, 0.6) is 0 Å². The maximum atomic E-state index is 12.8. The number of carbonyl (C=O) groups is 1. The Morgan fingerprint density at radius 3 is 2.59 bits per heavy atom. The predicted octanol–water partition coefficient (Wildman–Crippen LogP) is 5.00. The Kier molecular flexibility index (Phi) is 6.26. The third kappa shape index (κ3) is 5.20. The molecule has 34 heavy (non-hydrogen) atoms. The van der Waals surface area contributed by atoms with Crippen molar-refractivity contribution < 1.29 is 27.2 Å². The lowest BCUT2D eigenvalue weighted by molar-refractivity contribution is -0.774. The third-order valence-electron chi connectivity index (χ3n) is 5.18. The topological polar surface area (TPSA) is 96.8 Å². The van der Waals surface area contributed by atoms with Crippen LogP contribution in [0.25, 0.3) is 11.1 Å². The van der Waals surface area contributed by atoms with Crippen LogP contribution in [0.2, 0.25) is 0 Å². The van der Waals surface area contributed by atoms with Crippen LogP contribution >= 0.6 is 0 Å². The van der Waals surface area contributed by atoms with Crippen LogP contribution in [0.1, 0.15) is 29.8 Å². The second-order valence-electron chi connectivity index (χ2n) is 7.52. The van der Waals surface area contributed by atoms with Crippen LogP contribution in [-0.2, 0) is 6.18 Å². The van der Waals surface area contributed by atoms with E-state index in [0.717, 1.165) is 34.5 Å². The van der Waals surface area contributed by atoms with E-state index < -0.39 is 17.8 Å². The van der Waals surface area contributed by atoms with Gasteiger partial charge in [0, 0.05) is 35.6 Å². The van der Waals surface area contributed by atoms with Crippen LogP contribution in [0.4, 0.5) is 29.5 Å². The minimum absolute atomic E-state index is 0.00720. The summed E-state index contributed by atoms with van der Waals surface area (Å²) < 4.78 is 45.2. The second-order valence-corrected chi connectivity index (χ2v) is 7.52. The molecule has 2 aromatic carbocycles. The summed E-state index contributed by atoms with van der Waals surface area (Å²) in [7, 11) is 0. The molecule has 11 heteroatoms. The summed E-state index contributed by atoms with van der Waals surface area (Å²) >= 11 is 0. The Hall–Kier alpha value is -4.28. The number of urea groups is 1. The van der Waals surface area contributed by atoms with Crippen LogP contribution in [-0.4, -0.2) is 21.3 Å². The molecule has 2 N–H and O–H groups in total. The van der Waals surface area contributed by atoms with Crippen molar-refractivity contribution in [2.24, 2.45) is 0 Å². The molecule has 2 heterocycles. The molecule has 0 fully saturated rings. The van der Waals surface area contributed by atoms with Crippen LogP contribution in [0, 0.1) is 6.92 Å². The molecule has 1 unspecified atom stereocenters. The van der Waals surface area contributed by atoms with Gasteiger partial charge in [0.1, 0.15) is 6.33 Å². The summed E-state index contributed by atoms with van der Waals surface area (Å²) in [6.07, 6.45) is 0.240. The summed E-state index contributed by atoms with van der Waals surface area (Å²) in [6, 6.07) is 11.2. The van der Waals surface area contributed by atoms with Gasteiger partial charge in [-0.25, -0.2) is 14.8 Å². The van der Waals surface area contributed by atoms with Crippen molar-refractivity contribution in [1.29, 1.82) is 0 Å². The number of alkyl halides is 3. The first-order valence-corrected chi connectivity index (χ1v) is 10.2. The minimum atomic E-state index is -4.51. The molecule has 2 aromatic heterocycles. The molecule has 0 saturated carbocycles. The number of nitrogens with zero attached hydrogens (tertiary/aromatic N) is 4. The first kappa shape index (κ1) is 22.9. The largest absolute Gasteiger partial charge is 0.416 e. The number of rotatable bonds is 5.